The molecule has 0 saturated heterocycles. The molecule has 3 heteroatoms. The Hall–Kier alpha value is -0.120. The molecular formula is C7H18N2O. The number of aliphatic hydroxyl groups is 1. The van der Waals surface area contributed by atoms with E-state index in [0.29, 0.717) is 12.6 Å². The van der Waals surface area contributed by atoms with Crippen molar-refractivity contribution in [2.75, 3.05) is 19.7 Å². The average molecular weight is 146 g/mol. The predicted molar refractivity (Wildman–Crippen MR) is 42.8 cm³/mol. The third-order valence-electron chi connectivity index (χ3n) is 1.55. The molecule has 0 bridgehead atoms. The molecule has 0 amide bonds. The highest BCUT2D eigenvalue weighted by Gasteiger charge is 1.99. The van der Waals surface area contributed by atoms with E-state index >= 15 is 0 Å². The van der Waals surface area contributed by atoms with Crippen LogP contribution in [0.5, 0.6) is 0 Å². The van der Waals surface area contributed by atoms with E-state index in [4.69, 9.17) is 10.8 Å². The van der Waals surface area contributed by atoms with Gasteiger partial charge in [-0.25, -0.2) is 0 Å². The topological polar surface area (TPSA) is 58.3 Å². The molecule has 0 aromatic rings. The summed E-state index contributed by atoms with van der Waals surface area (Å²) in [6.45, 7) is 3.91. The van der Waals surface area contributed by atoms with Gasteiger partial charge in [0, 0.05) is 19.2 Å². The van der Waals surface area contributed by atoms with Gasteiger partial charge >= 0.3 is 0 Å². The fourth-order valence-corrected chi connectivity index (χ4v) is 0.780. The van der Waals surface area contributed by atoms with Crippen molar-refractivity contribution in [3.63, 3.8) is 0 Å². The van der Waals surface area contributed by atoms with Crippen LogP contribution < -0.4 is 11.1 Å². The maximum Gasteiger partial charge on any atom is 0.0443 e. The van der Waals surface area contributed by atoms with Gasteiger partial charge in [0.05, 0.1) is 0 Å². The van der Waals surface area contributed by atoms with Crippen molar-refractivity contribution in [3.8, 4) is 0 Å². The summed E-state index contributed by atoms with van der Waals surface area (Å²) >= 11 is 0. The Morgan fingerprint density at radius 1 is 1.60 bits per heavy atom. The van der Waals surface area contributed by atoms with Gasteiger partial charge in [-0.1, -0.05) is 6.92 Å². The van der Waals surface area contributed by atoms with Crippen LogP contribution in [0, 0.1) is 0 Å². The Bertz CT molecular complexity index is 64.6. The van der Waals surface area contributed by atoms with Crippen molar-refractivity contribution in [2.24, 2.45) is 5.73 Å². The van der Waals surface area contributed by atoms with Crippen molar-refractivity contribution < 1.29 is 5.11 Å². The van der Waals surface area contributed by atoms with Crippen LogP contribution >= 0.6 is 0 Å². The van der Waals surface area contributed by atoms with Crippen LogP contribution in [0.2, 0.25) is 0 Å². The fraction of sp³-hybridized carbons (Fsp3) is 1.00. The van der Waals surface area contributed by atoms with Crippen molar-refractivity contribution in [2.45, 2.75) is 25.8 Å². The van der Waals surface area contributed by atoms with Crippen molar-refractivity contribution in [1.29, 1.82) is 0 Å². The quantitative estimate of drug-likeness (QED) is 0.451. The Morgan fingerprint density at radius 2 is 2.30 bits per heavy atom. The monoisotopic (exact) mass is 146 g/mol. The molecule has 0 aliphatic carbocycles. The SMILES string of the molecule is CCC(CN)NCCCO. The number of nitrogens with two attached hydrogens (primary N) is 1. The average Bonchev–Trinajstić information content (AvgIpc) is 1.99. The summed E-state index contributed by atoms with van der Waals surface area (Å²) in [6, 6.07) is 0.423. The number of hydrogen-bond acceptors (Lipinski definition) is 3. The van der Waals surface area contributed by atoms with Crippen LogP contribution in [0.1, 0.15) is 19.8 Å². The molecule has 0 rings (SSSR count). The second-order valence-corrected chi connectivity index (χ2v) is 2.37. The molecular weight excluding hydrogens is 128 g/mol. The van der Waals surface area contributed by atoms with Crippen LogP contribution in [-0.4, -0.2) is 30.8 Å². The Kier molecular flexibility index (Phi) is 6.91. The predicted octanol–water partition coefficient (Wildman–Crippen LogP) is -0.304. The highest BCUT2D eigenvalue weighted by Crippen LogP contribution is 1.86. The zero-order valence-electron chi connectivity index (χ0n) is 6.64. The normalized spacial score (nSPS) is 13.5. The van der Waals surface area contributed by atoms with Crippen LogP contribution in [-0.2, 0) is 0 Å². The second kappa shape index (κ2) is 6.99. The third kappa shape index (κ3) is 4.73. The van der Waals surface area contributed by atoms with Gasteiger partial charge in [-0.3, -0.25) is 0 Å². The first kappa shape index (κ1) is 9.88. The van der Waals surface area contributed by atoms with Crippen molar-refractivity contribution in [3.05, 3.63) is 0 Å². The van der Waals surface area contributed by atoms with Gasteiger partial charge in [0.1, 0.15) is 0 Å². The molecule has 0 saturated carbocycles. The van der Waals surface area contributed by atoms with E-state index in [1.54, 1.807) is 0 Å². The van der Waals surface area contributed by atoms with Gasteiger partial charge in [0.25, 0.3) is 0 Å². The summed E-state index contributed by atoms with van der Waals surface area (Å²) < 4.78 is 0. The molecule has 1 unspecified atom stereocenters. The molecule has 0 heterocycles. The maximum atomic E-state index is 8.45. The largest absolute Gasteiger partial charge is 0.396 e. The van der Waals surface area contributed by atoms with Crippen LogP contribution in [0.3, 0.4) is 0 Å². The van der Waals surface area contributed by atoms with E-state index in [1.165, 1.54) is 0 Å². The van der Waals surface area contributed by atoms with E-state index in [2.05, 4.69) is 12.2 Å². The minimum absolute atomic E-state index is 0.258. The standard InChI is InChI=1S/C7H18N2O/c1-2-7(6-8)9-4-3-5-10/h7,9-10H,2-6,8H2,1H3. The molecule has 0 fully saturated rings. The van der Waals surface area contributed by atoms with E-state index in [9.17, 15) is 0 Å². The number of rotatable bonds is 6. The highest BCUT2D eigenvalue weighted by molar-refractivity contribution is 4.64. The first-order valence-electron chi connectivity index (χ1n) is 3.89. The molecule has 3 nitrogen and oxygen atoms in total. The zero-order chi connectivity index (χ0) is 7.82. The van der Waals surface area contributed by atoms with Gasteiger partial charge < -0.3 is 16.2 Å². The second-order valence-electron chi connectivity index (χ2n) is 2.37. The van der Waals surface area contributed by atoms with Gasteiger partial charge in [0.15, 0.2) is 0 Å². The lowest BCUT2D eigenvalue weighted by Gasteiger charge is -2.13. The van der Waals surface area contributed by atoms with Gasteiger partial charge in [-0.2, -0.15) is 0 Å². The van der Waals surface area contributed by atoms with Crippen LogP contribution in [0.4, 0.5) is 0 Å². The van der Waals surface area contributed by atoms with Gasteiger partial charge in [-0.15, -0.1) is 0 Å². The number of aliphatic hydroxyl groups excluding tert-OH is 1. The summed E-state index contributed by atoms with van der Waals surface area (Å²) in [6.07, 6.45) is 1.87. The summed E-state index contributed by atoms with van der Waals surface area (Å²) in [7, 11) is 0. The van der Waals surface area contributed by atoms with Crippen LogP contribution in [0.25, 0.3) is 0 Å². The first-order chi connectivity index (χ1) is 4.85. The Morgan fingerprint density at radius 3 is 2.70 bits per heavy atom. The van der Waals surface area contributed by atoms with Gasteiger partial charge in [0.2, 0.25) is 0 Å². The lowest BCUT2D eigenvalue weighted by Crippen LogP contribution is -2.36. The molecule has 4 N–H and O–H groups in total. The van der Waals surface area contributed by atoms with E-state index in [1.807, 2.05) is 0 Å². The van der Waals surface area contributed by atoms with E-state index in [0.717, 1.165) is 19.4 Å². The summed E-state index contributed by atoms with van der Waals surface area (Å²) in [4.78, 5) is 0. The maximum absolute atomic E-state index is 8.45. The van der Waals surface area contributed by atoms with E-state index < -0.39 is 0 Å². The highest BCUT2D eigenvalue weighted by atomic mass is 16.3. The third-order valence-corrected chi connectivity index (χ3v) is 1.55. The molecule has 62 valence electrons. The number of nitrogens with one attached hydrogen (secondary N) is 1. The van der Waals surface area contributed by atoms with E-state index in [-0.39, 0.29) is 6.61 Å². The Balaban J connectivity index is 3.09. The smallest absolute Gasteiger partial charge is 0.0443 e. The summed E-state index contributed by atoms with van der Waals surface area (Å²) in [5.41, 5.74) is 5.44. The summed E-state index contributed by atoms with van der Waals surface area (Å²) in [5.74, 6) is 0. The lowest BCUT2D eigenvalue weighted by molar-refractivity contribution is 0.283. The zero-order valence-corrected chi connectivity index (χ0v) is 6.64. The minimum atomic E-state index is 0.258. The molecule has 10 heavy (non-hydrogen) atoms. The van der Waals surface area contributed by atoms with Crippen LogP contribution in [0.15, 0.2) is 0 Å². The molecule has 0 aliphatic rings. The Labute approximate surface area is 62.6 Å². The molecule has 1 atom stereocenters. The molecule has 0 aromatic heterocycles. The lowest BCUT2D eigenvalue weighted by atomic mass is 10.2. The number of hydrogen-bond donors (Lipinski definition) is 3. The first-order valence-corrected chi connectivity index (χ1v) is 3.89. The molecule has 0 spiro atoms. The molecule has 0 aliphatic heterocycles. The molecule has 0 radical (unpaired) electrons. The van der Waals surface area contributed by atoms with Crippen molar-refractivity contribution in [1.82, 2.24) is 5.32 Å². The molecule has 0 aromatic carbocycles. The van der Waals surface area contributed by atoms with Crippen molar-refractivity contribution >= 4 is 0 Å². The minimum Gasteiger partial charge on any atom is -0.396 e. The summed E-state index contributed by atoms with van der Waals surface area (Å²) in [5, 5.41) is 11.7. The fourth-order valence-electron chi connectivity index (χ4n) is 0.780. The van der Waals surface area contributed by atoms with Gasteiger partial charge in [-0.05, 0) is 19.4 Å².